The molecule has 1 saturated heterocycles. The van der Waals surface area contributed by atoms with E-state index < -0.39 is 106 Å². The van der Waals surface area contributed by atoms with Gasteiger partial charge < -0.3 is 34.1 Å². The van der Waals surface area contributed by atoms with Crippen LogP contribution in [0.25, 0.3) is 0 Å². The second-order valence-corrected chi connectivity index (χ2v) is 22.4. The number of carbonyl (C=O) groups excluding carboxylic acids is 6. The predicted molar refractivity (Wildman–Crippen MR) is 243 cm³/mol. The summed E-state index contributed by atoms with van der Waals surface area (Å²) in [5, 5.41) is 13.0. The predicted octanol–water partition coefficient (Wildman–Crippen LogP) is 8.52. The van der Waals surface area contributed by atoms with E-state index in [1.54, 1.807) is 114 Å². The molecule has 2 aliphatic rings. The molecule has 3 rings (SSSR count). The molecular weight excluding hydrogens is 860 g/mol. The molecule has 0 unspecified atom stereocenters. The minimum absolute atomic E-state index is 0.185. The van der Waals surface area contributed by atoms with Crippen LogP contribution in [-0.2, 0) is 57.2 Å². The lowest BCUT2D eigenvalue weighted by molar-refractivity contribution is -0.283. The summed E-state index contributed by atoms with van der Waals surface area (Å²) in [6.45, 7) is 20.7. The fraction of sp³-hybridized carbons (Fsp3) is 0.735. The van der Waals surface area contributed by atoms with Crippen molar-refractivity contribution in [3.8, 4) is 0 Å². The van der Waals surface area contributed by atoms with Crippen molar-refractivity contribution in [2.45, 2.75) is 197 Å². The van der Waals surface area contributed by atoms with Crippen LogP contribution in [-0.4, -0.2) is 95.5 Å². The molecule has 1 aliphatic carbocycles. The normalized spacial score (nSPS) is 21.6. The number of halogens is 1. The summed E-state index contributed by atoms with van der Waals surface area (Å²) < 4.78 is 31.2. The number of aliphatic carboxylic acids is 1. The van der Waals surface area contributed by atoms with Gasteiger partial charge in [0.25, 0.3) is 0 Å². The Morgan fingerprint density at radius 1 is 0.708 bits per heavy atom. The molecular formula is C49H75ClN2O13. The molecule has 1 aliphatic heterocycles. The molecule has 1 saturated carbocycles. The smallest absolute Gasteiger partial charge is 0.311 e. The van der Waals surface area contributed by atoms with Crippen LogP contribution in [0.1, 0.15) is 166 Å². The van der Waals surface area contributed by atoms with Gasteiger partial charge in [0.05, 0.1) is 27.1 Å². The Hall–Kier alpha value is -4.24. The zero-order valence-corrected chi connectivity index (χ0v) is 41.6. The molecule has 0 bridgehead atoms. The Balaban J connectivity index is 2.21. The van der Waals surface area contributed by atoms with Crippen molar-refractivity contribution in [1.82, 2.24) is 10.2 Å². The summed E-state index contributed by atoms with van der Waals surface area (Å²) in [5.74, 6) is -4.38. The summed E-state index contributed by atoms with van der Waals surface area (Å²) in [7, 11) is 0. The summed E-state index contributed by atoms with van der Waals surface area (Å²) in [6.07, 6.45) is -0.666. The van der Waals surface area contributed by atoms with Gasteiger partial charge in [-0.15, -0.1) is 0 Å². The number of rotatable bonds is 19. The van der Waals surface area contributed by atoms with Crippen LogP contribution in [0.2, 0.25) is 5.02 Å². The highest BCUT2D eigenvalue weighted by Crippen LogP contribution is 2.38. The Morgan fingerprint density at radius 2 is 1.18 bits per heavy atom. The minimum atomic E-state index is -1.71. The highest BCUT2D eigenvalue weighted by atomic mass is 35.5. The second-order valence-electron chi connectivity index (χ2n) is 22.0. The standard InChI is InChI=1S/C49H75ClN2O13/c1-45(2,3)41(57)63-35-33(28-61-44(60)49(12,13)27-19-15-18-26-48(10,11)40(55)56)62-39(37(65-43(59)47(7,8)9)36(35)64-42(58)46(4,5)6)52(29-53)34(30-22-24-31(50)25-23-30)38(54)51-32-20-16-14-17-21-32/h22-25,29,32-37,39H,14-21,26-28H2,1-13H3,(H,51,54)(H,55,56)/t33-,34-,35+,36+,37-,39-/m1/s1. The van der Waals surface area contributed by atoms with E-state index in [4.69, 9.17) is 35.3 Å². The van der Waals surface area contributed by atoms with Crippen molar-refractivity contribution in [3.05, 3.63) is 34.9 Å². The number of carbonyl (C=O) groups is 7. The first-order chi connectivity index (χ1) is 29.9. The maximum absolute atomic E-state index is 14.6. The van der Waals surface area contributed by atoms with Gasteiger partial charge in [-0.25, -0.2) is 0 Å². The highest BCUT2D eigenvalue weighted by molar-refractivity contribution is 6.30. The number of unbranched alkanes of at least 4 members (excludes halogenated alkanes) is 2. The van der Waals surface area contributed by atoms with Gasteiger partial charge in [0.1, 0.15) is 18.8 Å². The van der Waals surface area contributed by atoms with Crippen molar-refractivity contribution < 1.29 is 62.4 Å². The van der Waals surface area contributed by atoms with Gasteiger partial charge in [-0.3, -0.25) is 38.5 Å². The SMILES string of the molecule is CC(C)(C)C(=O)O[C@@H]1[C@@H](OC(=O)C(C)(C)C)[C@H](N(C=O)[C@@H](C(=O)NC2CCCCC2)c2ccc(Cl)cc2)O[C@H](COC(=O)C(C)(C)CCCCCC(C)(C)C(=O)O)[C@@H]1OC(=O)C(C)(C)C. The topological polar surface area (TPSA) is 201 Å². The van der Waals surface area contributed by atoms with Crippen LogP contribution in [0.3, 0.4) is 0 Å². The first-order valence-electron chi connectivity index (χ1n) is 22.9. The van der Waals surface area contributed by atoms with Crippen LogP contribution < -0.4 is 5.32 Å². The van der Waals surface area contributed by atoms with E-state index in [-0.39, 0.29) is 6.04 Å². The molecule has 65 heavy (non-hydrogen) atoms. The van der Waals surface area contributed by atoms with Gasteiger partial charge in [-0.2, -0.15) is 0 Å². The Morgan fingerprint density at radius 3 is 1.66 bits per heavy atom. The molecule has 1 heterocycles. The number of benzene rings is 1. The average molecular weight is 936 g/mol. The zero-order valence-electron chi connectivity index (χ0n) is 40.9. The fourth-order valence-corrected chi connectivity index (χ4v) is 7.47. The third kappa shape index (κ3) is 15.7. The molecule has 0 radical (unpaired) electrons. The lowest BCUT2D eigenvalue weighted by atomic mass is 9.84. The van der Waals surface area contributed by atoms with Crippen molar-refractivity contribution in [2.75, 3.05) is 6.61 Å². The molecule has 2 fully saturated rings. The third-order valence-corrected chi connectivity index (χ3v) is 12.1. The van der Waals surface area contributed by atoms with Gasteiger partial charge in [0.2, 0.25) is 12.3 Å². The molecule has 1 aromatic rings. The third-order valence-electron chi connectivity index (χ3n) is 11.9. The summed E-state index contributed by atoms with van der Waals surface area (Å²) in [4.78, 5) is 96.7. The van der Waals surface area contributed by atoms with Crippen molar-refractivity contribution in [2.24, 2.45) is 27.1 Å². The van der Waals surface area contributed by atoms with Crippen LogP contribution in [0.4, 0.5) is 0 Å². The van der Waals surface area contributed by atoms with E-state index >= 15 is 0 Å². The quantitative estimate of drug-likeness (QED) is 0.0579. The number of hydrogen-bond acceptors (Lipinski definition) is 12. The van der Waals surface area contributed by atoms with Crippen LogP contribution in [0.15, 0.2) is 24.3 Å². The van der Waals surface area contributed by atoms with Crippen molar-refractivity contribution >= 4 is 53.8 Å². The average Bonchev–Trinajstić information content (AvgIpc) is 3.19. The van der Waals surface area contributed by atoms with Crippen LogP contribution in [0, 0.1) is 27.1 Å². The first kappa shape index (κ1) is 55.1. The van der Waals surface area contributed by atoms with Gasteiger partial charge in [0.15, 0.2) is 24.5 Å². The monoisotopic (exact) mass is 934 g/mol. The molecule has 6 atom stereocenters. The highest BCUT2D eigenvalue weighted by Gasteiger charge is 2.57. The molecule has 15 nitrogen and oxygen atoms in total. The number of hydrogen-bond donors (Lipinski definition) is 2. The lowest BCUT2D eigenvalue weighted by Crippen LogP contribution is -2.68. The largest absolute Gasteiger partial charge is 0.481 e. The van der Waals surface area contributed by atoms with E-state index in [0.717, 1.165) is 37.0 Å². The van der Waals surface area contributed by atoms with Gasteiger partial charge in [-0.1, -0.05) is 62.3 Å². The number of carboxylic acid groups (broad SMARTS) is 1. The summed E-state index contributed by atoms with van der Waals surface area (Å²) >= 11 is 6.29. The molecule has 1 aromatic carbocycles. The van der Waals surface area contributed by atoms with E-state index in [1.165, 1.54) is 0 Å². The lowest BCUT2D eigenvalue weighted by Gasteiger charge is -2.49. The Bertz CT molecular complexity index is 1820. The first-order valence-corrected chi connectivity index (χ1v) is 23.3. The van der Waals surface area contributed by atoms with E-state index in [0.29, 0.717) is 49.1 Å². The fourth-order valence-electron chi connectivity index (χ4n) is 7.34. The van der Waals surface area contributed by atoms with Crippen LogP contribution in [0.5, 0.6) is 0 Å². The summed E-state index contributed by atoms with van der Waals surface area (Å²) in [5.41, 5.74) is -4.98. The molecule has 2 N–H and O–H groups in total. The molecule has 2 amide bonds. The molecule has 16 heteroatoms. The number of nitrogens with zero attached hydrogens (tertiary/aromatic N) is 1. The number of carboxylic acids is 1. The van der Waals surface area contributed by atoms with Crippen molar-refractivity contribution in [1.29, 1.82) is 0 Å². The molecule has 0 aromatic heterocycles. The van der Waals surface area contributed by atoms with Gasteiger partial charge in [0, 0.05) is 11.1 Å². The number of nitrogens with one attached hydrogen (secondary N) is 1. The second kappa shape index (κ2) is 22.5. The Labute approximate surface area is 390 Å². The number of amides is 2. The number of esters is 4. The van der Waals surface area contributed by atoms with Gasteiger partial charge in [-0.05, 0) is 133 Å². The summed E-state index contributed by atoms with van der Waals surface area (Å²) in [6, 6.07) is 4.70. The maximum atomic E-state index is 14.6. The van der Waals surface area contributed by atoms with Crippen molar-refractivity contribution in [3.63, 3.8) is 0 Å². The number of ether oxygens (including phenoxy) is 5. The molecule has 366 valence electrons. The van der Waals surface area contributed by atoms with E-state index in [2.05, 4.69) is 5.32 Å². The van der Waals surface area contributed by atoms with Gasteiger partial charge >= 0.3 is 29.8 Å². The Kier molecular flexibility index (Phi) is 19.1. The van der Waals surface area contributed by atoms with Crippen LogP contribution >= 0.6 is 11.6 Å². The van der Waals surface area contributed by atoms with E-state index in [9.17, 15) is 38.7 Å². The zero-order chi connectivity index (χ0) is 49.3. The minimum Gasteiger partial charge on any atom is -0.481 e. The van der Waals surface area contributed by atoms with E-state index in [1.807, 2.05) is 0 Å². The molecule has 0 spiro atoms. The maximum Gasteiger partial charge on any atom is 0.311 e.